The molecule has 0 atom stereocenters. The van der Waals surface area contributed by atoms with Crippen LogP contribution in [0.1, 0.15) is 37.3 Å². The molecular weight excluding hydrogens is 503 g/mol. The largest absolute Gasteiger partial charge is 0.358 e. The summed E-state index contributed by atoms with van der Waals surface area (Å²) in [5.74, 6) is 0. The van der Waals surface area contributed by atoms with E-state index < -0.39 is 0 Å². The molecule has 0 amide bonds. The molecule has 0 nitrogen and oxygen atoms in total. The van der Waals surface area contributed by atoms with E-state index in [1.165, 1.54) is 46.7 Å². The van der Waals surface area contributed by atoms with Gasteiger partial charge in [0.25, 0.3) is 0 Å². The minimum Gasteiger partial charge on any atom is -0.358 e. The summed E-state index contributed by atoms with van der Waals surface area (Å²) >= 11 is 0. The molecule has 4 rings (SSSR count). The molecule has 0 N–H and O–H groups in total. The first-order chi connectivity index (χ1) is 10.9. The van der Waals surface area contributed by atoms with E-state index in [9.17, 15) is 0 Å². The van der Waals surface area contributed by atoms with Crippen LogP contribution in [0, 0.1) is 43.2 Å². The van der Waals surface area contributed by atoms with E-state index in [2.05, 4.69) is 49.4 Å². The van der Waals surface area contributed by atoms with Crippen LogP contribution in [0.5, 0.6) is 0 Å². The van der Waals surface area contributed by atoms with Gasteiger partial charge >= 0.3 is 0 Å². The van der Waals surface area contributed by atoms with Crippen LogP contribution < -0.4 is 0 Å². The molecule has 0 bridgehead atoms. The molecule has 0 aliphatic heterocycles. The van der Waals surface area contributed by atoms with Crippen molar-refractivity contribution in [3.8, 4) is 0 Å². The van der Waals surface area contributed by atoms with Crippen LogP contribution in [0.15, 0.2) is 66.7 Å². The van der Waals surface area contributed by atoms with Crippen LogP contribution in [-0.4, -0.2) is 0 Å². The van der Waals surface area contributed by atoms with Gasteiger partial charge in [-0.3, -0.25) is 6.08 Å². The fourth-order valence-corrected chi connectivity index (χ4v) is 3.00. The molecule has 0 unspecified atom stereocenters. The molecule has 156 valence electrons. The Morgan fingerprint density at radius 3 is 2.07 bits per heavy atom. The van der Waals surface area contributed by atoms with Crippen LogP contribution in [0.4, 0.5) is 0 Å². The molecule has 0 saturated heterocycles. The number of hydrogen-bond donors (Lipinski definition) is 0. The van der Waals surface area contributed by atoms with Crippen LogP contribution >= 0.6 is 0 Å². The van der Waals surface area contributed by atoms with E-state index in [-0.39, 0.29) is 63.0 Å². The van der Waals surface area contributed by atoms with Crippen LogP contribution in [0.2, 0.25) is 0 Å². The second kappa shape index (κ2) is 17.7. The molecule has 28 heavy (non-hydrogen) atoms. The summed E-state index contributed by atoms with van der Waals surface area (Å²) in [5, 5.41) is 2.75. The third-order valence-corrected chi connectivity index (χ3v) is 4.15. The van der Waals surface area contributed by atoms with E-state index >= 15 is 0 Å². The molecule has 3 aromatic rings. The molecule has 1 aliphatic rings. The van der Waals surface area contributed by atoms with Gasteiger partial charge in [-0.05, 0) is 5.39 Å². The Hall–Kier alpha value is -1.34. The van der Waals surface area contributed by atoms with Crippen molar-refractivity contribution in [1.29, 1.82) is 0 Å². The summed E-state index contributed by atoms with van der Waals surface area (Å²) < 4.78 is 0. The van der Waals surface area contributed by atoms with Gasteiger partial charge in [0.05, 0.1) is 0 Å². The van der Waals surface area contributed by atoms with Gasteiger partial charge in [0.2, 0.25) is 0 Å². The third kappa shape index (κ3) is 8.35. The molecule has 3 aromatic carbocycles. The van der Waals surface area contributed by atoms with Crippen molar-refractivity contribution in [2.75, 3.05) is 0 Å². The Bertz CT molecular complexity index is 734. The topological polar surface area (TPSA) is 0 Å². The van der Waals surface area contributed by atoms with Gasteiger partial charge in [0.1, 0.15) is 0 Å². The monoisotopic (exact) mass is 541 g/mol. The Balaban J connectivity index is -0.000000233. The standard InChI is InChI=1S/C17H17.C5H5.5CH3.Hf/c1-2-3-6-14-11-12-15-10-9-13-7-4-5-8-16(13)17(14)15;1-2-4-5-3-1;;;;;;/h4-5,7-10H,2-3,6,12H2,1H3;1-5H;5*1H3;/q7*-1;. The summed E-state index contributed by atoms with van der Waals surface area (Å²) in [6.45, 7) is 2.25. The van der Waals surface area contributed by atoms with Crippen molar-refractivity contribution in [3.63, 3.8) is 0 Å². The Kier molecular flexibility index (Phi) is 21.7. The van der Waals surface area contributed by atoms with Gasteiger partial charge < -0.3 is 37.1 Å². The summed E-state index contributed by atoms with van der Waals surface area (Å²) in [4.78, 5) is 0. The van der Waals surface area contributed by atoms with E-state index in [1.54, 1.807) is 0 Å². The second-order valence-corrected chi connectivity index (χ2v) is 5.72. The SMILES string of the molecule is CCCCC1=[C-]Cc2ccc3ccccc3c21.[CH3-].[CH3-].[CH3-].[CH3-].[CH3-].[Hf].c1cc[cH-]c1. The fraction of sp³-hybridized carbons (Fsp3) is 0.185. The summed E-state index contributed by atoms with van der Waals surface area (Å²) in [6, 6.07) is 23.2. The normalized spacial score (nSPS) is 9.82. The van der Waals surface area contributed by atoms with Gasteiger partial charge in [0, 0.05) is 25.8 Å². The van der Waals surface area contributed by atoms with E-state index in [4.69, 9.17) is 0 Å². The smallest absolute Gasteiger partial charge is 0 e. The first kappa shape index (κ1) is 34.2. The average molecular weight is 540 g/mol. The van der Waals surface area contributed by atoms with Crippen molar-refractivity contribution in [1.82, 2.24) is 0 Å². The predicted molar refractivity (Wildman–Crippen MR) is 128 cm³/mol. The Labute approximate surface area is 195 Å². The number of unbranched alkanes of at least 4 members (excludes halogenated alkanes) is 1. The van der Waals surface area contributed by atoms with Crippen molar-refractivity contribution < 1.29 is 25.8 Å². The van der Waals surface area contributed by atoms with Gasteiger partial charge in [-0.25, -0.2) is 17.7 Å². The maximum Gasteiger partial charge on any atom is 0 e. The van der Waals surface area contributed by atoms with Gasteiger partial charge in [-0.15, -0.1) is 12.0 Å². The molecule has 0 fully saturated rings. The van der Waals surface area contributed by atoms with E-state index in [0.29, 0.717) is 0 Å². The summed E-state index contributed by atoms with van der Waals surface area (Å²) in [7, 11) is 0. The van der Waals surface area contributed by atoms with Crippen molar-refractivity contribution in [2.45, 2.75) is 32.6 Å². The predicted octanol–water partition coefficient (Wildman–Crippen LogP) is 8.43. The third-order valence-electron chi connectivity index (χ3n) is 4.15. The van der Waals surface area contributed by atoms with Gasteiger partial charge in [-0.1, -0.05) is 68.0 Å². The molecule has 0 heterocycles. The zero-order chi connectivity index (χ0) is 15.2. The van der Waals surface area contributed by atoms with E-state index in [1.807, 2.05) is 30.3 Å². The minimum absolute atomic E-state index is 0. The Morgan fingerprint density at radius 1 is 0.857 bits per heavy atom. The van der Waals surface area contributed by atoms with Gasteiger partial charge in [-0.2, -0.15) is 23.8 Å². The zero-order valence-corrected chi connectivity index (χ0v) is 22.3. The molecule has 0 radical (unpaired) electrons. The maximum atomic E-state index is 3.57. The molecule has 1 aliphatic carbocycles. The van der Waals surface area contributed by atoms with Gasteiger partial charge in [0.15, 0.2) is 0 Å². The molecule has 0 aromatic heterocycles. The fourth-order valence-electron chi connectivity index (χ4n) is 3.00. The number of allylic oxidation sites excluding steroid dienone is 2. The van der Waals surface area contributed by atoms with Crippen molar-refractivity contribution >= 4 is 16.3 Å². The summed E-state index contributed by atoms with van der Waals surface area (Å²) in [5.41, 5.74) is 4.37. The minimum atomic E-state index is 0. The number of hydrogen-bond acceptors (Lipinski definition) is 0. The molecule has 0 saturated carbocycles. The number of fused-ring (bicyclic) bond motifs is 3. The summed E-state index contributed by atoms with van der Waals surface area (Å²) in [6.07, 6.45) is 8.27. The molecule has 0 spiro atoms. The zero-order valence-electron chi connectivity index (χ0n) is 18.7. The molecular formula is C27H37Hf-7. The van der Waals surface area contributed by atoms with Crippen LogP contribution in [-0.2, 0) is 32.3 Å². The van der Waals surface area contributed by atoms with Crippen LogP contribution in [0.3, 0.4) is 0 Å². The number of rotatable bonds is 3. The average Bonchev–Trinajstić information content (AvgIpc) is 3.26. The first-order valence-corrected chi connectivity index (χ1v) is 8.17. The molecule has 1 heteroatoms. The van der Waals surface area contributed by atoms with Crippen molar-refractivity contribution in [2.24, 2.45) is 0 Å². The Morgan fingerprint density at radius 2 is 1.50 bits per heavy atom. The maximum absolute atomic E-state index is 3.57. The first-order valence-electron chi connectivity index (χ1n) is 8.17. The van der Waals surface area contributed by atoms with Crippen molar-refractivity contribution in [3.05, 3.63) is 121 Å². The van der Waals surface area contributed by atoms with Crippen LogP contribution in [0.25, 0.3) is 16.3 Å². The second-order valence-electron chi connectivity index (χ2n) is 5.72. The van der Waals surface area contributed by atoms with E-state index in [0.717, 1.165) is 6.42 Å². The quantitative estimate of drug-likeness (QED) is 0.231. The number of benzene rings is 2.